The lowest BCUT2D eigenvalue weighted by Crippen LogP contribution is -2.38. The van der Waals surface area contributed by atoms with Crippen molar-refractivity contribution in [3.63, 3.8) is 0 Å². The number of imidazole rings is 1. The number of carbonyl (C=O) groups is 4. The number of benzene rings is 1. The molecule has 14 heteroatoms. The molecule has 6 N–H and O–H groups in total. The largest absolute Gasteiger partial charge is 0.382 e. The molecule has 0 bridgehead atoms. The molecule has 0 saturated heterocycles. The average Bonchev–Trinajstić information content (AvgIpc) is 3.56. The molecule has 2 heterocycles. The molecule has 4 rings (SSSR count). The fraction of sp³-hybridized carbons (Fsp3) is 0.659. The monoisotopic (exact) mass is 764 g/mol. The van der Waals surface area contributed by atoms with Crippen molar-refractivity contribution in [2.24, 2.45) is 11.8 Å². The van der Waals surface area contributed by atoms with E-state index < -0.39 is 0 Å². The molecular weight excluding hydrogens is 701 g/mol. The Morgan fingerprint density at radius 3 is 2.18 bits per heavy atom. The van der Waals surface area contributed by atoms with E-state index in [-0.39, 0.29) is 47.8 Å². The fourth-order valence-electron chi connectivity index (χ4n) is 7.26. The smallest absolute Gasteiger partial charge is 0.223 e. The molecule has 1 aliphatic carbocycles. The van der Waals surface area contributed by atoms with Crippen molar-refractivity contribution in [2.45, 2.75) is 110 Å². The maximum absolute atomic E-state index is 13.0. The van der Waals surface area contributed by atoms with E-state index in [0.717, 1.165) is 85.7 Å². The number of nitrogens with one attached hydrogen (secondary N) is 4. The summed E-state index contributed by atoms with van der Waals surface area (Å²) in [7, 11) is 1.78. The number of nitrogens with two attached hydrogens (primary N) is 1. The third-order valence-corrected chi connectivity index (χ3v) is 10.5. The zero-order chi connectivity index (χ0) is 39.4. The van der Waals surface area contributed by atoms with Gasteiger partial charge in [-0.2, -0.15) is 0 Å². The Morgan fingerprint density at radius 1 is 0.836 bits per heavy atom. The number of ketones is 1. The van der Waals surface area contributed by atoms with Crippen LogP contribution < -0.4 is 27.0 Å². The van der Waals surface area contributed by atoms with Gasteiger partial charge in [0.25, 0.3) is 0 Å². The lowest BCUT2D eigenvalue weighted by Gasteiger charge is -2.27. The third kappa shape index (κ3) is 13.8. The van der Waals surface area contributed by atoms with Crippen molar-refractivity contribution < 1.29 is 28.7 Å². The van der Waals surface area contributed by atoms with Crippen LogP contribution in [0.1, 0.15) is 96.7 Å². The van der Waals surface area contributed by atoms with Crippen LogP contribution in [0.15, 0.2) is 24.3 Å². The lowest BCUT2D eigenvalue weighted by molar-refractivity contribution is -0.130. The van der Waals surface area contributed by atoms with Gasteiger partial charge in [0.2, 0.25) is 17.7 Å². The van der Waals surface area contributed by atoms with Gasteiger partial charge < -0.3 is 41.0 Å². The van der Waals surface area contributed by atoms with Crippen LogP contribution in [0.2, 0.25) is 0 Å². The number of pyridine rings is 1. The minimum Gasteiger partial charge on any atom is -0.382 e. The highest BCUT2D eigenvalue weighted by Crippen LogP contribution is 2.30. The number of carbonyl (C=O) groups excluding carboxylic acids is 4. The number of likely N-dealkylation sites (N-methyl/N-ethyl adjacent to an activating group) is 1. The molecule has 1 saturated carbocycles. The lowest BCUT2D eigenvalue weighted by atomic mass is 9.81. The number of nitrogens with zero attached hydrogens (tertiary/aromatic N) is 3. The van der Waals surface area contributed by atoms with E-state index >= 15 is 0 Å². The third-order valence-electron chi connectivity index (χ3n) is 10.5. The summed E-state index contributed by atoms with van der Waals surface area (Å²) in [6.07, 6.45) is 10.3. The first-order valence-corrected chi connectivity index (χ1v) is 20.4. The number of hydrogen-bond donors (Lipinski definition) is 5. The molecule has 1 fully saturated rings. The topological polar surface area (TPSA) is 192 Å². The summed E-state index contributed by atoms with van der Waals surface area (Å²) in [6, 6.07) is 7.93. The summed E-state index contributed by atoms with van der Waals surface area (Å²) in [5.74, 6) is 1.52. The number of hydrogen-bond acceptors (Lipinski definition) is 10. The number of fused-ring (bicyclic) bond motifs is 3. The number of Topliss-reactive ketones (excluding diaryl/α,β-unsaturated/α-hetero) is 1. The first-order valence-electron chi connectivity index (χ1n) is 20.4. The van der Waals surface area contributed by atoms with E-state index in [1.165, 1.54) is 0 Å². The Kier molecular flexibility index (Phi) is 18.8. The SMILES string of the molecule is CCCCc1nc2c(N)nc3ccccc3c2n1CCCCNC(=O)C1CCC(C(=O)NCCOCCOCCC(=O)NCCCCC(NC)C(C)=O)CC1. The predicted molar refractivity (Wildman–Crippen MR) is 215 cm³/mol. The van der Waals surface area contributed by atoms with Gasteiger partial charge in [-0.3, -0.25) is 19.2 Å². The van der Waals surface area contributed by atoms with E-state index in [1.54, 1.807) is 14.0 Å². The van der Waals surface area contributed by atoms with Crippen LogP contribution >= 0.6 is 0 Å². The maximum atomic E-state index is 13.0. The second-order valence-electron chi connectivity index (χ2n) is 14.6. The molecule has 0 radical (unpaired) electrons. The van der Waals surface area contributed by atoms with E-state index in [4.69, 9.17) is 20.2 Å². The molecule has 304 valence electrons. The van der Waals surface area contributed by atoms with Crippen molar-refractivity contribution >= 4 is 51.3 Å². The van der Waals surface area contributed by atoms with Crippen LogP contribution in [0.4, 0.5) is 5.82 Å². The summed E-state index contributed by atoms with van der Waals surface area (Å²) < 4.78 is 13.4. The second kappa shape index (κ2) is 23.7. The number of rotatable bonds is 26. The van der Waals surface area contributed by atoms with Gasteiger partial charge >= 0.3 is 0 Å². The Morgan fingerprint density at radius 2 is 1.49 bits per heavy atom. The molecule has 3 aromatic rings. The summed E-state index contributed by atoms with van der Waals surface area (Å²) in [4.78, 5) is 58.6. The number of aryl methyl sites for hydroxylation is 2. The Bertz CT molecular complexity index is 1670. The van der Waals surface area contributed by atoms with Crippen LogP contribution in [0.25, 0.3) is 21.9 Å². The molecule has 3 amide bonds. The fourth-order valence-corrected chi connectivity index (χ4v) is 7.26. The van der Waals surface area contributed by atoms with Crippen molar-refractivity contribution in [1.82, 2.24) is 35.8 Å². The highest BCUT2D eigenvalue weighted by atomic mass is 16.5. The molecule has 0 spiro atoms. The number of unbranched alkanes of at least 4 members (excludes halogenated alkanes) is 3. The van der Waals surface area contributed by atoms with Gasteiger partial charge in [0.05, 0.1) is 43.5 Å². The number of aromatic nitrogens is 3. The first kappa shape index (κ1) is 43.6. The van der Waals surface area contributed by atoms with E-state index in [1.807, 2.05) is 18.2 Å². The number of para-hydroxylation sites is 1. The van der Waals surface area contributed by atoms with Crippen LogP contribution in [-0.4, -0.2) is 97.2 Å². The first-order chi connectivity index (χ1) is 26.7. The number of nitrogen functional groups attached to an aromatic ring is 1. The molecule has 1 aromatic carbocycles. The maximum Gasteiger partial charge on any atom is 0.223 e. The van der Waals surface area contributed by atoms with Crippen LogP contribution in [0, 0.1) is 11.8 Å². The van der Waals surface area contributed by atoms with E-state index in [9.17, 15) is 19.2 Å². The highest BCUT2D eigenvalue weighted by Gasteiger charge is 2.29. The molecule has 0 aliphatic heterocycles. The standard InChI is InChI=1S/C41H64N8O6/c1-4-5-15-35-48-37-38(32-12-6-7-14-34(32)47-39(37)42)49(35)24-11-10-22-45-40(52)30-16-18-31(19-17-30)41(53)46-23-26-55-28-27-54-25-20-36(51)44-21-9-8-13-33(43-3)29(2)50/h6-7,12,14,30-31,33,43H,4-5,8-11,13,15-28H2,1-3H3,(H2,42,47)(H,44,51)(H,45,52)(H,46,53). The minimum absolute atomic E-state index is 0.0149. The molecule has 1 atom stereocenters. The second-order valence-corrected chi connectivity index (χ2v) is 14.6. The number of ether oxygens (including phenoxy) is 2. The molecule has 1 aliphatic rings. The number of amides is 3. The van der Waals surface area contributed by atoms with Crippen LogP contribution in [-0.2, 0) is 41.6 Å². The Labute approximate surface area is 325 Å². The van der Waals surface area contributed by atoms with Crippen molar-refractivity contribution in [1.29, 1.82) is 0 Å². The Hall–Kier alpha value is -4.14. The Balaban J connectivity index is 1.02. The molecular formula is C41H64N8O6. The summed E-state index contributed by atoms with van der Waals surface area (Å²) in [5, 5.41) is 13.0. The van der Waals surface area contributed by atoms with Gasteiger partial charge in [-0.1, -0.05) is 31.5 Å². The quantitative estimate of drug-likeness (QED) is 0.0740. The predicted octanol–water partition coefficient (Wildman–Crippen LogP) is 4.22. The van der Waals surface area contributed by atoms with Crippen molar-refractivity contribution in [2.75, 3.05) is 58.8 Å². The zero-order valence-electron chi connectivity index (χ0n) is 33.3. The normalized spacial score (nSPS) is 16.3. The van der Waals surface area contributed by atoms with E-state index in [2.05, 4.69) is 43.8 Å². The van der Waals surface area contributed by atoms with Crippen LogP contribution in [0.3, 0.4) is 0 Å². The number of anilines is 1. The summed E-state index contributed by atoms with van der Waals surface area (Å²) >= 11 is 0. The minimum atomic E-state index is -0.120. The average molecular weight is 765 g/mol. The van der Waals surface area contributed by atoms with Crippen LogP contribution in [0.5, 0.6) is 0 Å². The van der Waals surface area contributed by atoms with Gasteiger partial charge in [0, 0.05) is 56.2 Å². The molecule has 1 unspecified atom stereocenters. The van der Waals surface area contributed by atoms with Crippen molar-refractivity contribution in [3.05, 3.63) is 30.1 Å². The zero-order valence-corrected chi connectivity index (χ0v) is 33.3. The van der Waals surface area contributed by atoms with Gasteiger partial charge in [-0.15, -0.1) is 0 Å². The summed E-state index contributed by atoms with van der Waals surface area (Å²) in [6.45, 7) is 7.61. The summed E-state index contributed by atoms with van der Waals surface area (Å²) in [5.41, 5.74) is 9.02. The molecule has 55 heavy (non-hydrogen) atoms. The van der Waals surface area contributed by atoms with Gasteiger partial charge in [-0.05, 0) is 84.2 Å². The van der Waals surface area contributed by atoms with E-state index in [0.29, 0.717) is 77.6 Å². The highest BCUT2D eigenvalue weighted by molar-refractivity contribution is 6.06. The van der Waals surface area contributed by atoms with Crippen molar-refractivity contribution in [3.8, 4) is 0 Å². The van der Waals surface area contributed by atoms with Gasteiger partial charge in [0.15, 0.2) is 5.82 Å². The van der Waals surface area contributed by atoms with Gasteiger partial charge in [0.1, 0.15) is 17.1 Å². The molecule has 2 aromatic heterocycles. The molecule has 14 nitrogen and oxygen atoms in total. The van der Waals surface area contributed by atoms with Gasteiger partial charge in [-0.25, -0.2) is 9.97 Å².